The van der Waals surface area contributed by atoms with Gasteiger partial charge in [-0.2, -0.15) is 23.1 Å². The SMILES string of the molecule is Cc1cc(N)nc(-c2c(Cl)cc3c(N4C[C@H]5CC[C@@H]4[C@@H]5N)nc(OC[C@]45CCCN4C[C@H](F)C5)nc3c2F)c1C(F)(F)F. The Morgan fingerprint density at radius 2 is 1.95 bits per heavy atom. The molecule has 2 bridgehead atoms. The first-order valence-electron chi connectivity index (χ1n) is 14.4. The van der Waals surface area contributed by atoms with Crippen LogP contribution in [0.25, 0.3) is 22.2 Å². The van der Waals surface area contributed by atoms with E-state index in [-0.39, 0.29) is 57.9 Å². The Morgan fingerprint density at radius 3 is 2.65 bits per heavy atom. The van der Waals surface area contributed by atoms with Crippen LogP contribution in [0.3, 0.4) is 0 Å². The maximum atomic E-state index is 16.6. The molecule has 0 unspecified atom stereocenters. The highest BCUT2D eigenvalue weighted by Gasteiger charge is 2.50. The van der Waals surface area contributed by atoms with Gasteiger partial charge in [0.25, 0.3) is 0 Å². The molecule has 1 saturated carbocycles. The van der Waals surface area contributed by atoms with E-state index in [1.54, 1.807) is 0 Å². The average Bonchev–Trinajstić information content (AvgIpc) is 3.64. The number of hydrogen-bond donors (Lipinski definition) is 2. The van der Waals surface area contributed by atoms with Gasteiger partial charge in [-0.3, -0.25) is 4.90 Å². The Hall–Kier alpha value is -3.03. The molecule has 5 atom stereocenters. The quantitative estimate of drug-likeness (QED) is 0.370. The maximum Gasteiger partial charge on any atom is 0.418 e. The number of halogens is 6. The van der Waals surface area contributed by atoms with Gasteiger partial charge in [-0.15, -0.1) is 0 Å². The largest absolute Gasteiger partial charge is 0.461 e. The van der Waals surface area contributed by atoms with E-state index < -0.39 is 40.5 Å². The maximum absolute atomic E-state index is 16.6. The van der Waals surface area contributed by atoms with Crippen molar-refractivity contribution in [3.05, 3.63) is 34.1 Å². The smallest absolute Gasteiger partial charge is 0.418 e. The molecule has 0 radical (unpaired) electrons. The summed E-state index contributed by atoms with van der Waals surface area (Å²) < 4.78 is 79.7. The van der Waals surface area contributed by atoms with Gasteiger partial charge >= 0.3 is 12.2 Å². The number of ether oxygens (including phenoxy) is 1. The van der Waals surface area contributed by atoms with Crippen LogP contribution in [-0.4, -0.2) is 69.9 Å². The first-order valence-corrected chi connectivity index (χ1v) is 14.8. The van der Waals surface area contributed by atoms with Gasteiger partial charge in [0, 0.05) is 37.0 Å². The summed E-state index contributed by atoms with van der Waals surface area (Å²) in [5.41, 5.74) is 8.86. The van der Waals surface area contributed by atoms with Gasteiger partial charge < -0.3 is 21.1 Å². The van der Waals surface area contributed by atoms with Gasteiger partial charge in [0.1, 0.15) is 29.9 Å². The topological polar surface area (TPSA) is 106 Å². The van der Waals surface area contributed by atoms with Crippen molar-refractivity contribution in [1.29, 1.82) is 0 Å². The summed E-state index contributed by atoms with van der Waals surface area (Å²) in [7, 11) is 0. The van der Waals surface area contributed by atoms with Gasteiger partial charge in [0.2, 0.25) is 0 Å². The first-order chi connectivity index (χ1) is 20.4. The fourth-order valence-corrected chi connectivity index (χ4v) is 8.12. The van der Waals surface area contributed by atoms with E-state index >= 15 is 4.39 Å². The molecule has 43 heavy (non-hydrogen) atoms. The number of aryl methyl sites for hydroxylation is 1. The van der Waals surface area contributed by atoms with E-state index in [0.29, 0.717) is 25.3 Å². The third-order valence-electron chi connectivity index (χ3n) is 9.76. The molecule has 0 amide bonds. The minimum absolute atomic E-state index is 0.0569. The first kappa shape index (κ1) is 28.7. The van der Waals surface area contributed by atoms with Crippen LogP contribution in [0.4, 0.5) is 33.6 Å². The summed E-state index contributed by atoms with van der Waals surface area (Å²) in [6.45, 7) is 2.99. The van der Waals surface area contributed by atoms with Crippen molar-refractivity contribution in [1.82, 2.24) is 19.9 Å². The average molecular weight is 624 g/mol. The van der Waals surface area contributed by atoms with Crippen LogP contribution in [0.2, 0.25) is 5.02 Å². The van der Waals surface area contributed by atoms with Crippen molar-refractivity contribution in [2.75, 3.05) is 36.9 Å². The van der Waals surface area contributed by atoms with Crippen LogP contribution in [0, 0.1) is 18.7 Å². The molecule has 5 heterocycles. The molecule has 7 rings (SSSR count). The number of fused-ring (bicyclic) bond motifs is 4. The standard InChI is InChI=1S/C29H31ClF5N7O/c1-13-7-19(36)38-25(21(13)29(33,34)35)20-17(30)8-16-24(22(20)32)39-27(40-26(16)42-10-14-3-4-18(42)23(14)37)43-12-28-5-2-6-41(28)11-15(31)9-28/h7-8,14-15,18,23H,2-6,9-12,37H2,1H3,(H2,36,38)/t14-,15-,18-,23-,28-/m1/s1. The molecule has 2 aromatic heterocycles. The highest BCUT2D eigenvalue weighted by atomic mass is 35.5. The third kappa shape index (κ3) is 4.57. The molecule has 0 spiro atoms. The van der Waals surface area contributed by atoms with Gasteiger partial charge in [-0.1, -0.05) is 11.6 Å². The zero-order valence-corrected chi connectivity index (χ0v) is 24.2. The van der Waals surface area contributed by atoms with Gasteiger partial charge in [0.05, 0.1) is 27.4 Å². The normalized spacial score (nSPS) is 28.8. The lowest BCUT2D eigenvalue weighted by molar-refractivity contribution is -0.137. The number of alkyl halides is 4. The molecule has 3 saturated heterocycles. The lowest BCUT2D eigenvalue weighted by atomic mass is 9.95. The van der Waals surface area contributed by atoms with Gasteiger partial charge in [0.15, 0.2) is 5.82 Å². The summed E-state index contributed by atoms with van der Waals surface area (Å²) >= 11 is 6.56. The summed E-state index contributed by atoms with van der Waals surface area (Å²) in [4.78, 5) is 17.0. The Balaban J connectivity index is 1.39. The molecular weight excluding hydrogens is 593 g/mol. The van der Waals surface area contributed by atoms with E-state index in [9.17, 15) is 17.6 Å². The molecule has 4 fully saturated rings. The second-order valence-electron chi connectivity index (χ2n) is 12.4. The predicted octanol–water partition coefficient (Wildman–Crippen LogP) is 5.27. The number of piperidine rings is 1. The monoisotopic (exact) mass is 623 g/mol. The number of rotatable bonds is 5. The van der Waals surface area contributed by atoms with Crippen molar-refractivity contribution in [3.8, 4) is 17.3 Å². The number of nitrogens with zero attached hydrogens (tertiary/aromatic N) is 5. The molecule has 4 aliphatic rings. The molecule has 3 aliphatic heterocycles. The molecule has 1 aliphatic carbocycles. The van der Waals surface area contributed by atoms with E-state index in [4.69, 9.17) is 27.8 Å². The Bertz CT molecular complexity index is 1620. The van der Waals surface area contributed by atoms with Crippen LogP contribution < -0.4 is 21.1 Å². The molecule has 14 heteroatoms. The molecule has 1 aromatic carbocycles. The molecule has 8 nitrogen and oxygen atoms in total. The predicted molar refractivity (Wildman–Crippen MR) is 152 cm³/mol. The lowest BCUT2D eigenvalue weighted by Gasteiger charge is -2.32. The second kappa shape index (κ2) is 10.00. The van der Waals surface area contributed by atoms with Crippen molar-refractivity contribution >= 4 is 34.1 Å². The summed E-state index contributed by atoms with van der Waals surface area (Å²) in [6.07, 6.45) is -2.10. The van der Waals surface area contributed by atoms with Gasteiger partial charge in [-0.05, 0) is 62.8 Å². The summed E-state index contributed by atoms with van der Waals surface area (Å²) in [5.74, 6) is -0.747. The van der Waals surface area contributed by atoms with Crippen molar-refractivity contribution < 1.29 is 26.7 Å². The summed E-state index contributed by atoms with van der Waals surface area (Å²) in [6, 6.07) is 2.14. The second-order valence-corrected chi connectivity index (χ2v) is 12.8. The zero-order chi connectivity index (χ0) is 30.4. The number of hydrogen-bond acceptors (Lipinski definition) is 8. The Morgan fingerprint density at radius 1 is 1.16 bits per heavy atom. The Kier molecular flexibility index (Phi) is 6.68. The molecule has 4 N–H and O–H groups in total. The lowest BCUT2D eigenvalue weighted by Crippen LogP contribution is -2.43. The molecular formula is C29H31ClF5N7O. The number of nitrogens with two attached hydrogens (primary N) is 2. The number of pyridine rings is 1. The van der Waals surface area contributed by atoms with Crippen molar-refractivity contribution in [2.24, 2.45) is 11.7 Å². The third-order valence-corrected chi connectivity index (χ3v) is 10.1. The number of benzene rings is 1. The van der Waals surface area contributed by atoms with Crippen LogP contribution in [0.5, 0.6) is 6.01 Å². The zero-order valence-electron chi connectivity index (χ0n) is 23.4. The van der Waals surface area contributed by atoms with E-state index in [2.05, 4.69) is 19.9 Å². The number of nitrogen functional groups attached to an aromatic ring is 1. The van der Waals surface area contributed by atoms with Crippen LogP contribution in [0.1, 0.15) is 43.2 Å². The number of anilines is 2. The van der Waals surface area contributed by atoms with Crippen LogP contribution in [-0.2, 0) is 6.18 Å². The fourth-order valence-electron chi connectivity index (χ4n) is 7.84. The van der Waals surface area contributed by atoms with E-state index in [1.165, 1.54) is 13.0 Å². The van der Waals surface area contributed by atoms with Gasteiger partial charge in [-0.25, -0.2) is 13.8 Å². The molecule has 230 valence electrons. The van der Waals surface area contributed by atoms with E-state index in [0.717, 1.165) is 38.3 Å². The van der Waals surface area contributed by atoms with Crippen molar-refractivity contribution in [3.63, 3.8) is 0 Å². The van der Waals surface area contributed by atoms with Crippen molar-refractivity contribution in [2.45, 2.75) is 69.0 Å². The minimum atomic E-state index is -4.86. The fraction of sp³-hybridized carbons (Fsp3) is 0.552. The van der Waals surface area contributed by atoms with E-state index in [1.807, 2.05) is 4.90 Å². The Labute approximate surface area is 249 Å². The highest BCUT2D eigenvalue weighted by molar-refractivity contribution is 6.34. The number of aromatic nitrogens is 3. The summed E-state index contributed by atoms with van der Waals surface area (Å²) in [5, 5.41) is -0.0709. The highest BCUT2D eigenvalue weighted by Crippen LogP contribution is 2.47. The molecule has 3 aromatic rings. The van der Waals surface area contributed by atoms with Crippen LogP contribution >= 0.6 is 11.6 Å². The minimum Gasteiger partial charge on any atom is -0.461 e. The van der Waals surface area contributed by atoms with Crippen LogP contribution in [0.15, 0.2) is 12.1 Å².